The maximum absolute atomic E-state index is 13.5. The van der Waals surface area contributed by atoms with Crippen molar-refractivity contribution in [3.8, 4) is 0 Å². The predicted molar refractivity (Wildman–Crippen MR) is 75.8 cm³/mol. The minimum absolute atomic E-state index is 0.0651. The summed E-state index contributed by atoms with van der Waals surface area (Å²) >= 11 is 0. The van der Waals surface area contributed by atoms with E-state index in [9.17, 15) is 22.4 Å². The molecule has 2 heterocycles. The number of nitrogens with zero attached hydrogens (tertiary/aromatic N) is 2. The molecule has 0 aromatic carbocycles. The van der Waals surface area contributed by atoms with E-state index >= 15 is 0 Å². The topological polar surface area (TPSA) is 57.6 Å². The molecule has 0 fully saturated rings. The lowest BCUT2D eigenvalue weighted by atomic mass is 9.98. The zero-order valence-electron chi connectivity index (χ0n) is 12.1. The molecule has 0 atom stereocenters. The molecule has 1 N–H and O–H groups in total. The number of H-pyrrole nitrogens is 1. The Hall–Kier alpha value is -1.99. The Morgan fingerprint density at radius 1 is 1.23 bits per heavy atom. The van der Waals surface area contributed by atoms with Crippen LogP contribution in [0.15, 0.2) is 20.8 Å². The number of hydrogen-bond acceptors (Lipinski definition) is 3. The van der Waals surface area contributed by atoms with Gasteiger partial charge >= 0.3 is 12.3 Å². The van der Waals surface area contributed by atoms with Crippen LogP contribution in [-0.2, 0) is 0 Å². The van der Waals surface area contributed by atoms with E-state index in [4.69, 9.17) is 0 Å². The number of nitrogens with one attached hydrogen (secondary N) is 1. The second-order valence-corrected chi connectivity index (χ2v) is 5.10. The Kier molecular flexibility index (Phi) is 4.48. The first-order chi connectivity index (χ1) is 10.2. The monoisotopic (exact) mass is 317 g/mol. The third-order valence-electron chi connectivity index (χ3n) is 3.35. The molecule has 1 aliphatic heterocycles. The van der Waals surface area contributed by atoms with Gasteiger partial charge in [0.2, 0.25) is 0 Å². The molecule has 22 heavy (non-hydrogen) atoms. The van der Waals surface area contributed by atoms with Gasteiger partial charge in [0.25, 0.3) is 5.56 Å². The van der Waals surface area contributed by atoms with Crippen molar-refractivity contribution in [1.29, 1.82) is 0 Å². The maximum Gasteiger partial charge on any atom is 0.345 e. The van der Waals surface area contributed by atoms with Gasteiger partial charge in [0.15, 0.2) is 0 Å². The summed E-state index contributed by atoms with van der Waals surface area (Å²) in [5.41, 5.74) is -0.0227. The molecule has 4 nitrogen and oxygen atoms in total. The smallest absolute Gasteiger partial charge is 0.326 e. The first-order valence-electron chi connectivity index (χ1n) is 6.67. The van der Waals surface area contributed by atoms with Gasteiger partial charge < -0.3 is 4.98 Å². The number of aryl methyl sites for hydroxylation is 2. The lowest BCUT2D eigenvalue weighted by Gasteiger charge is -2.18. The second kappa shape index (κ2) is 6.02. The van der Waals surface area contributed by atoms with Gasteiger partial charge in [0.05, 0.1) is 30.1 Å². The van der Waals surface area contributed by atoms with Gasteiger partial charge in [-0.2, -0.15) is 8.78 Å². The van der Waals surface area contributed by atoms with Crippen LogP contribution in [0.25, 0.3) is 0 Å². The molecule has 1 aliphatic rings. The number of rotatable bonds is 3. The van der Waals surface area contributed by atoms with E-state index in [-0.39, 0.29) is 24.4 Å². The SMILES string of the molecule is Cc1cc(C)c(C2=NCCN=C(C(F)(F)C(F)F)C2)c(=O)[nH]1. The number of aliphatic imine (C=N–C) groups is 2. The van der Waals surface area contributed by atoms with Crippen LogP contribution < -0.4 is 5.56 Å². The largest absolute Gasteiger partial charge is 0.345 e. The summed E-state index contributed by atoms with van der Waals surface area (Å²) in [6, 6.07) is 1.67. The van der Waals surface area contributed by atoms with Crippen molar-refractivity contribution in [2.45, 2.75) is 32.6 Å². The number of halogens is 4. The average molecular weight is 317 g/mol. The van der Waals surface area contributed by atoms with Gasteiger partial charge in [-0.25, -0.2) is 8.78 Å². The quantitative estimate of drug-likeness (QED) is 0.856. The zero-order valence-corrected chi connectivity index (χ0v) is 12.1. The fourth-order valence-corrected chi connectivity index (χ4v) is 2.37. The molecule has 0 bridgehead atoms. The van der Waals surface area contributed by atoms with Crippen LogP contribution in [0, 0.1) is 13.8 Å². The van der Waals surface area contributed by atoms with Crippen molar-refractivity contribution < 1.29 is 17.6 Å². The highest BCUT2D eigenvalue weighted by molar-refractivity contribution is 6.15. The van der Waals surface area contributed by atoms with Crippen molar-refractivity contribution in [3.05, 3.63) is 33.2 Å². The van der Waals surface area contributed by atoms with E-state index in [2.05, 4.69) is 15.0 Å². The third kappa shape index (κ3) is 3.10. The molecular formula is C14H15F4N3O. The molecule has 8 heteroatoms. The van der Waals surface area contributed by atoms with E-state index < -0.39 is 30.0 Å². The van der Waals surface area contributed by atoms with E-state index in [0.29, 0.717) is 11.3 Å². The molecule has 0 saturated carbocycles. The average Bonchev–Trinajstić information content (AvgIpc) is 2.63. The molecule has 2 rings (SSSR count). The Balaban J connectivity index is 2.45. The van der Waals surface area contributed by atoms with Gasteiger partial charge in [0.1, 0.15) is 0 Å². The van der Waals surface area contributed by atoms with Crippen LogP contribution >= 0.6 is 0 Å². The Labute approximate surface area is 124 Å². The third-order valence-corrected chi connectivity index (χ3v) is 3.35. The molecule has 0 spiro atoms. The fraction of sp³-hybridized carbons (Fsp3) is 0.500. The Bertz CT molecular complexity index is 692. The van der Waals surface area contributed by atoms with Crippen molar-refractivity contribution in [3.63, 3.8) is 0 Å². The summed E-state index contributed by atoms with van der Waals surface area (Å²) in [4.78, 5) is 22.2. The van der Waals surface area contributed by atoms with Crippen molar-refractivity contribution in [2.24, 2.45) is 9.98 Å². The zero-order chi connectivity index (χ0) is 16.5. The fourth-order valence-electron chi connectivity index (χ4n) is 2.37. The van der Waals surface area contributed by atoms with Crippen molar-refractivity contribution >= 4 is 11.4 Å². The van der Waals surface area contributed by atoms with Crippen molar-refractivity contribution in [2.75, 3.05) is 13.1 Å². The van der Waals surface area contributed by atoms with Gasteiger partial charge in [-0.1, -0.05) is 0 Å². The number of alkyl halides is 4. The molecule has 0 unspecified atom stereocenters. The summed E-state index contributed by atoms with van der Waals surface area (Å²) < 4.78 is 52.2. The molecule has 120 valence electrons. The Morgan fingerprint density at radius 2 is 1.86 bits per heavy atom. The van der Waals surface area contributed by atoms with Crippen LogP contribution in [-0.4, -0.2) is 41.8 Å². The summed E-state index contributed by atoms with van der Waals surface area (Å²) in [7, 11) is 0. The highest BCUT2D eigenvalue weighted by Crippen LogP contribution is 2.28. The van der Waals surface area contributed by atoms with Crippen LogP contribution in [0.5, 0.6) is 0 Å². The summed E-state index contributed by atoms with van der Waals surface area (Å²) in [6.45, 7) is 3.30. The van der Waals surface area contributed by atoms with Crippen LogP contribution in [0.3, 0.4) is 0 Å². The van der Waals surface area contributed by atoms with Gasteiger partial charge in [-0.05, 0) is 25.5 Å². The lowest BCUT2D eigenvalue weighted by Crippen LogP contribution is -2.38. The van der Waals surface area contributed by atoms with E-state index in [0.717, 1.165) is 0 Å². The molecule has 1 aromatic heterocycles. The predicted octanol–water partition coefficient (Wildman–Crippen LogP) is 2.53. The molecular weight excluding hydrogens is 302 g/mol. The van der Waals surface area contributed by atoms with Crippen molar-refractivity contribution in [1.82, 2.24) is 4.98 Å². The number of aromatic amines is 1. The second-order valence-electron chi connectivity index (χ2n) is 5.10. The molecule has 0 aliphatic carbocycles. The number of hydrogen-bond donors (Lipinski definition) is 1. The summed E-state index contributed by atoms with van der Waals surface area (Å²) in [5.74, 6) is -4.32. The first kappa shape index (κ1) is 16.4. The minimum Gasteiger partial charge on any atom is -0.326 e. The summed E-state index contributed by atoms with van der Waals surface area (Å²) in [5, 5.41) is 0. The van der Waals surface area contributed by atoms with E-state index in [1.54, 1.807) is 19.9 Å². The maximum atomic E-state index is 13.5. The van der Waals surface area contributed by atoms with E-state index in [1.165, 1.54) is 0 Å². The highest BCUT2D eigenvalue weighted by atomic mass is 19.3. The van der Waals surface area contributed by atoms with Crippen LogP contribution in [0.4, 0.5) is 17.6 Å². The highest BCUT2D eigenvalue weighted by Gasteiger charge is 2.46. The van der Waals surface area contributed by atoms with Gasteiger partial charge in [-0.15, -0.1) is 0 Å². The molecule has 0 saturated heterocycles. The minimum atomic E-state index is -4.32. The molecule has 0 radical (unpaired) electrons. The van der Waals surface area contributed by atoms with Gasteiger partial charge in [0, 0.05) is 12.1 Å². The molecule has 0 amide bonds. The standard InChI is InChI=1S/C14H15F4N3O/c1-7-5-8(2)21-12(22)11(7)9-6-10(20-4-3-19-9)14(17,18)13(15)16/h5,13H,3-4,6H2,1-2H3,(H,21,22). The molecule has 1 aromatic rings. The lowest BCUT2D eigenvalue weighted by molar-refractivity contribution is -0.0758. The van der Waals surface area contributed by atoms with E-state index in [1.807, 2.05) is 0 Å². The Morgan fingerprint density at radius 3 is 2.45 bits per heavy atom. The summed E-state index contributed by atoms with van der Waals surface area (Å²) in [6.07, 6.45) is -4.41. The number of aromatic nitrogens is 1. The van der Waals surface area contributed by atoms with Crippen LogP contribution in [0.2, 0.25) is 0 Å². The number of pyridine rings is 1. The van der Waals surface area contributed by atoms with Crippen LogP contribution in [0.1, 0.15) is 23.2 Å². The first-order valence-corrected chi connectivity index (χ1v) is 6.67. The normalized spacial score (nSPS) is 16.3. The van der Waals surface area contributed by atoms with Gasteiger partial charge in [-0.3, -0.25) is 14.8 Å².